The first-order valence-corrected chi connectivity index (χ1v) is 5.12. The number of nitrogens with zero attached hydrogens (tertiary/aromatic N) is 2. The van der Waals surface area contributed by atoms with E-state index in [1.165, 1.54) is 0 Å². The Bertz CT molecular complexity index is 405. The van der Waals surface area contributed by atoms with E-state index < -0.39 is 0 Å². The van der Waals surface area contributed by atoms with E-state index in [-0.39, 0.29) is 24.2 Å². The average Bonchev–Trinajstić information content (AvgIpc) is 2.61. The second-order valence-corrected chi connectivity index (χ2v) is 3.88. The fraction of sp³-hybridized carbons (Fsp3) is 0.364. The van der Waals surface area contributed by atoms with Crippen LogP contribution in [0, 0.1) is 5.92 Å². The summed E-state index contributed by atoms with van der Waals surface area (Å²) < 4.78 is 0. The van der Waals surface area contributed by atoms with Crippen LogP contribution in [-0.4, -0.2) is 35.3 Å². The van der Waals surface area contributed by atoms with Crippen LogP contribution in [0.2, 0.25) is 0 Å². The monoisotopic (exact) mass is 219 g/mol. The summed E-state index contributed by atoms with van der Waals surface area (Å²) in [5.41, 5.74) is 0. The largest absolute Gasteiger partial charge is 0.345 e. The van der Waals surface area contributed by atoms with E-state index in [1.54, 1.807) is 36.3 Å². The van der Waals surface area contributed by atoms with E-state index in [4.69, 9.17) is 0 Å². The Morgan fingerprint density at radius 1 is 1.56 bits per heavy atom. The molecule has 0 spiro atoms. The molecule has 1 aromatic heterocycles. The zero-order valence-electron chi connectivity index (χ0n) is 9.01. The first kappa shape index (κ1) is 10.6. The number of hydrogen-bond donors (Lipinski definition) is 1. The fourth-order valence-electron chi connectivity index (χ4n) is 1.70. The fourth-order valence-corrected chi connectivity index (χ4v) is 1.70. The van der Waals surface area contributed by atoms with Gasteiger partial charge in [0.2, 0.25) is 11.8 Å². The normalized spacial score (nSPS) is 19.9. The third-order valence-corrected chi connectivity index (χ3v) is 2.63. The van der Waals surface area contributed by atoms with Crippen molar-refractivity contribution < 1.29 is 9.59 Å². The minimum atomic E-state index is -0.264. The number of carbonyl (C=O) groups is 2. The molecule has 16 heavy (non-hydrogen) atoms. The van der Waals surface area contributed by atoms with Crippen LogP contribution in [0.5, 0.6) is 0 Å². The van der Waals surface area contributed by atoms with Gasteiger partial charge in [-0.1, -0.05) is 6.07 Å². The Balaban J connectivity index is 1.97. The van der Waals surface area contributed by atoms with Crippen molar-refractivity contribution in [3.05, 3.63) is 24.4 Å². The van der Waals surface area contributed by atoms with Crippen molar-refractivity contribution >= 4 is 17.6 Å². The molecule has 1 N–H and O–H groups in total. The van der Waals surface area contributed by atoms with Crippen LogP contribution >= 0.6 is 0 Å². The summed E-state index contributed by atoms with van der Waals surface area (Å²) in [7, 11) is 1.70. The molecule has 1 fully saturated rings. The van der Waals surface area contributed by atoms with Gasteiger partial charge in [0.1, 0.15) is 5.82 Å². The van der Waals surface area contributed by atoms with Gasteiger partial charge < -0.3 is 10.2 Å². The van der Waals surface area contributed by atoms with Crippen molar-refractivity contribution in [1.82, 2.24) is 9.88 Å². The molecule has 2 heterocycles. The highest BCUT2D eigenvalue weighted by Gasteiger charge is 2.32. The molecule has 0 aromatic carbocycles. The van der Waals surface area contributed by atoms with E-state index in [1.807, 2.05) is 0 Å². The Morgan fingerprint density at radius 3 is 2.94 bits per heavy atom. The molecule has 1 aromatic rings. The highest BCUT2D eigenvalue weighted by Crippen LogP contribution is 2.17. The topological polar surface area (TPSA) is 62.3 Å². The van der Waals surface area contributed by atoms with Crippen molar-refractivity contribution in [2.75, 3.05) is 18.9 Å². The predicted octanol–water partition coefficient (Wildman–Crippen LogP) is 0.498. The first-order chi connectivity index (χ1) is 7.66. The number of rotatable bonds is 2. The van der Waals surface area contributed by atoms with Crippen molar-refractivity contribution in [2.45, 2.75) is 6.42 Å². The van der Waals surface area contributed by atoms with Crippen molar-refractivity contribution in [3.8, 4) is 0 Å². The molecule has 0 bridgehead atoms. The lowest BCUT2D eigenvalue weighted by atomic mass is 10.1. The van der Waals surface area contributed by atoms with Crippen LogP contribution in [0.25, 0.3) is 0 Å². The van der Waals surface area contributed by atoms with Crippen LogP contribution in [0.1, 0.15) is 6.42 Å². The number of aromatic nitrogens is 1. The molecule has 1 aliphatic heterocycles. The summed E-state index contributed by atoms with van der Waals surface area (Å²) in [6, 6.07) is 5.30. The molecule has 2 amide bonds. The van der Waals surface area contributed by atoms with E-state index in [0.717, 1.165) is 0 Å². The van der Waals surface area contributed by atoms with Crippen LogP contribution < -0.4 is 5.32 Å². The van der Waals surface area contributed by atoms with Crippen molar-refractivity contribution in [1.29, 1.82) is 0 Å². The van der Waals surface area contributed by atoms with Crippen LogP contribution in [-0.2, 0) is 9.59 Å². The summed E-state index contributed by atoms with van der Waals surface area (Å²) in [6.07, 6.45) is 1.90. The Kier molecular flexibility index (Phi) is 2.85. The molecule has 84 valence electrons. The average molecular weight is 219 g/mol. The molecule has 1 saturated heterocycles. The van der Waals surface area contributed by atoms with Crippen molar-refractivity contribution in [3.63, 3.8) is 0 Å². The van der Waals surface area contributed by atoms with Crippen molar-refractivity contribution in [2.24, 2.45) is 5.92 Å². The molecule has 1 aliphatic rings. The van der Waals surface area contributed by atoms with Gasteiger partial charge in [0, 0.05) is 26.2 Å². The summed E-state index contributed by atoms with van der Waals surface area (Å²) in [5, 5.41) is 2.70. The number of pyridine rings is 1. The number of amides is 2. The van der Waals surface area contributed by atoms with E-state index in [0.29, 0.717) is 12.4 Å². The quantitative estimate of drug-likeness (QED) is 0.787. The summed E-state index contributed by atoms with van der Waals surface area (Å²) in [5.74, 6) is 0.131. The zero-order chi connectivity index (χ0) is 11.5. The van der Waals surface area contributed by atoms with E-state index in [9.17, 15) is 9.59 Å². The molecule has 0 saturated carbocycles. The Hall–Kier alpha value is -1.91. The predicted molar refractivity (Wildman–Crippen MR) is 58.6 cm³/mol. The standard InChI is InChI=1S/C11H13N3O2/c1-14-7-8(6-10(14)15)11(16)13-9-4-2-3-5-12-9/h2-5,8H,6-7H2,1H3,(H,12,13,16). The van der Waals surface area contributed by atoms with Gasteiger partial charge in [0.25, 0.3) is 0 Å². The number of hydrogen-bond acceptors (Lipinski definition) is 3. The van der Waals surface area contributed by atoms with E-state index >= 15 is 0 Å². The molecule has 2 rings (SSSR count). The molecule has 0 aliphatic carbocycles. The van der Waals surface area contributed by atoms with Crippen LogP contribution in [0.3, 0.4) is 0 Å². The van der Waals surface area contributed by atoms with Gasteiger partial charge in [-0.05, 0) is 12.1 Å². The van der Waals surface area contributed by atoms with Gasteiger partial charge in [-0.2, -0.15) is 0 Å². The number of nitrogens with one attached hydrogen (secondary N) is 1. The van der Waals surface area contributed by atoms with Crippen LogP contribution in [0.15, 0.2) is 24.4 Å². The summed E-state index contributed by atoms with van der Waals surface area (Å²) in [4.78, 5) is 28.6. The molecule has 0 radical (unpaired) electrons. The Morgan fingerprint density at radius 2 is 2.38 bits per heavy atom. The van der Waals surface area contributed by atoms with Crippen LogP contribution in [0.4, 0.5) is 5.82 Å². The summed E-state index contributed by atoms with van der Waals surface area (Å²) in [6.45, 7) is 0.484. The smallest absolute Gasteiger partial charge is 0.230 e. The molecular formula is C11H13N3O2. The third kappa shape index (κ3) is 2.18. The first-order valence-electron chi connectivity index (χ1n) is 5.12. The SMILES string of the molecule is CN1CC(C(=O)Nc2ccccn2)CC1=O. The maximum Gasteiger partial charge on any atom is 0.230 e. The minimum Gasteiger partial charge on any atom is -0.345 e. The zero-order valence-corrected chi connectivity index (χ0v) is 9.01. The molecular weight excluding hydrogens is 206 g/mol. The second kappa shape index (κ2) is 4.30. The Labute approximate surface area is 93.5 Å². The number of carbonyl (C=O) groups excluding carboxylic acids is 2. The number of likely N-dealkylation sites (tertiary alicyclic amines) is 1. The lowest BCUT2D eigenvalue weighted by Gasteiger charge is -2.10. The van der Waals surface area contributed by atoms with Gasteiger partial charge in [0.05, 0.1) is 5.92 Å². The lowest BCUT2D eigenvalue weighted by Crippen LogP contribution is -2.26. The molecule has 1 unspecified atom stereocenters. The van der Waals surface area contributed by atoms with Gasteiger partial charge in [-0.15, -0.1) is 0 Å². The lowest BCUT2D eigenvalue weighted by molar-refractivity contribution is -0.127. The van der Waals surface area contributed by atoms with E-state index in [2.05, 4.69) is 10.3 Å². The van der Waals surface area contributed by atoms with Gasteiger partial charge in [0.15, 0.2) is 0 Å². The second-order valence-electron chi connectivity index (χ2n) is 3.88. The maximum atomic E-state index is 11.8. The van der Waals surface area contributed by atoms with Gasteiger partial charge in [-0.3, -0.25) is 9.59 Å². The number of anilines is 1. The molecule has 5 nitrogen and oxygen atoms in total. The minimum absolute atomic E-state index is 0.0150. The highest BCUT2D eigenvalue weighted by molar-refractivity contribution is 5.96. The highest BCUT2D eigenvalue weighted by atomic mass is 16.2. The molecule has 5 heteroatoms. The summed E-state index contributed by atoms with van der Waals surface area (Å²) >= 11 is 0. The third-order valence-electron chi connectivity index (χ3n) is 2.63. The molecule has 1 atom stereocenters. The van der Waals surface area contributed by atoms with Gasteiger partial charge >= 0.3 is 0 Å². The maximum absolute atomic E-state index is 11.8. The van der Waals surface area contributed by atoms with Gasteiger partial charge in [-0.25, -0.2) is 4.98 Å².